The van der Waals surface area contributed by atoms with Crippen molar-refractivity contribution in [1.29, 1.82) is 0 Å². The summed E-state index contributed by atoms with van der Waals surface area (Å²) in [5.74, 6) is 1.66. The fourth-order valence-corrected chi connectivity index (χ4v) is 2.44. The van der Waals surface area contributed by atoms with Crippen LogP contribution in [0.1, 0.15) is 26.7 Å². The van der Waals surface area contributed by atoms with Crippen LogP contribution < -0.4 is 11.5 Å². The molecule has 0 aromatic heterocycles. The van der Waals surface area contributed by atoms with Gasteiger partial charge in [0.05, 0.1) is 11.2 Å². The Morgan fingerprint density at radius 3 is 2.62 bits per heavy atom. The zero-order valence-corrected chi connectivity index (χ0v) is 9.18. The Labute approximate surface area is 84.4 Å². The Hall–Kier alpha value is -0.0600. The smallest absolute Gasteiger partial charge is 0.0950 e. The van der Waals surface area contributed by atoms with Gasteiger partial charge >= 0.3 is 0 Å². The quantitative estimate of drug-likeness (QED) is 0.532. The van der Waals surface area contributed by atoms with Gasteiger partial charge in [-0.3, -0.25) is 4.99 Å². The van der Waals surface area contributed by atoms with Crippen molar-refractivity contribution in [1.82, 2.24) is 0 Å². The number of thioether (sulfide) groups is 1. The van der Waals surface area contributed by atoms with Gasteiger partial charge in [-0.1, -0.05) is 6.92 Å². The lowest BCUT2D eigenvalue weighted by molar-refractivity contribution is 0.347. The highest BCUT2D eigenvalue weighted by Crippen LogP contribution is 2.31. The molecule has 1 fully saturated rings. The minimum Gasteiger partial charge on any atom is -0.328 e. The van der Waals surface area contributed by atoms with Crippen LogP contribution in [0.25, 0.3) is 0 Å². The lowest BCUT2D eigenvalue weighted by atomic mass is 9.81. The molecule has 0 aromatic rings. The highest BCUT2D eigenvalue weighted by molar-refractivity contribution is 8.13. The average Bonchev–Trinajstić information content (AvgIpc) is 1.97. The lowest BCUT2D eigenvalue weighted by Gasteiger charge is -2.33. The molecule has 1 saturated carbocycles. The van der Waals surface area contributed by atoms with E-state index in [1.807, 2.05) is 6.92 Å². The molecule has 1 rings (SSSR count). The van der Waals surface area contributed by atoms with Gasteiger partial charge in [0.2, 0.25) is 0 Å². The van der Waals surface area contributed by atoms with Gasteiger partial charge in [0.25, 0.3) is 0 Å². The second kappa shape index (κ2) is 4.98. The van der Waals surface area contributed by atoms with Crippen molar-refractivity contribution in [3.8, 4) is 0 Å². The van der Waals surface area contributed by atoms with Crippen LogP contribution in [0.2, 0.25) is 0 Å². The minimum absolute atomic E-state index is 0.0779. The molecule has 1 aliphatic rings. The van der Waals surface area contributed by atoms with E-state index in [4.69, 9.17) is 11.5 Å². The van der Waals surface area contributed by atoms with Gasteiger partial charge in [0.1, 0.15) is 0 Å². The van der Waals surface area contributed by atoms with Crippen LogP contribution in [0, 0.1) is 5.92 Å². The van der Waals surface area contributed by atoms with Crippen LogP contribution in [-0.4, -0.2) is 23.0 Å². The molecule has 0 bridgehead atoms. The molecule has 76 valence electrons. The molecular formula is C9H19N3S. The van der Waals surface area contributed by atoms with Gasteiger partial charge in [0.15, 0.2) is 0 Å². The fourth-order valence-electron chi connectivity index (χ4n) is 1.47. The fraction of sp³-hybridized carbons (Fsp3) is 0.889. The second-order valence-corrected chi connectivity index (χ2v) is 4.85. The molecule has 0 spiro atoms. The average molecular weight is 201 g/mol. The van der Waals surface area contributed by atoms with Crippen LogP contribution in [-0.2, 0) is 0 Å². The first-order chi connectivity index (χ1) is 6.13. The van der Waals surface area contributed by atoms with E-state index in [1.165, 1.54) is 5.04 Å². The SMILES string of the molecule is CCS/C(=N\C(C)N)C1CC(N)C1. The van der Waals surface area contributed by atoms with Crippen molar-refractivity contribution >= 4 is 16.8 Å². The molecule has 0 amide bonds. The Morgan fingerprint density at radius 1 is 1.62 bits per heavy atom. The molecule has 0 radical (unpaired) electrons. The summed E-state index contributed by atoms with van der Waals surface area (Å²) in [6.45, 7) is 4.05. The number of nitrogens with zero attached hydrogens (tertiary/aromatic N) is 1. The molecule has 0 saturated heterocycles. The van der Waals surface area contributed by atoms with Crippen LogP contribution in [0.15, 0.2) is 4.99 Å². The van der Waals surface area contributed by atoms with E-state index in [2.05, 4.69) is 11.9 Å². The van der Waals surface area contributed by atoms with Crippen LogP contribution >= 0.6 is 11.8 Å². The monoisotopic (exact) mass is 201 g/mol. The molecule has 1 aliphatic carbocycles. The number of hydrogen-bond acceptors (Lipinski definition) is 4. The maximum atomic E-state index is 5.74. The standard InChI is InChI=1S/C9H19N3S/c1-3-13-9(12-6(2)10)7-4-8(11)5-7/h6-8H,3-5,10-11H2,1-2H3/b12-9-. The molecule has 0 aliphatic heterocycles. The Balaban J connectivity index is 2.47. The summed E-state index contributed by atoms with van der Waals surface area (Å²) in [5.41, 5.74) is 11.4. The van der Waals surface area contributed by atoms with Gasteiger partial charge in [-0.05, 0) is 25.5 Å². The van der Waals surface area contributed by atoms with Crippen molar-refractivity contribution in [3.05, 3.63) is 0 Å². The molecule has 0 heterocycles. The van der Waals surface area contributed by atoms with Crippen molar-refractivity contribution in [2.75, 3.05) is 5.75 Å². The lowest BCUT2D eigenvalue weighted by Crippen LogP contribution is -2.40. The Kier molecular flexibility index (Phi) is 4.22. The van der Waals surface area contributed by atoms with E-state index in [9.17, 15) is 0 Å². The largest absolute Gasteiger partial charge is 0.328 e. The van der Waals surface area contributed by atoms with E-state index in [0.717, 1.165) is 18.6 Å². The van der Waals surface area contributed by atoms with Crippen molar-refractivity contribution < 1.29 is 0 Å². The maximum Gasteiger partial charge on any atom is 0.0950 e. The second-order valence-electron chi connectivity index (χ2n) is 3.57. The molecule has 13 heavy (non-hydrogen) atoms. The van der Waals surface area contributed by atoms with E-state index >= 15 is 0 Å². The third-order valence-corrected chi connectivity index (χ3v) is 3.17. The number of nitrogens with two attached hydrogens (primary N) is 2. The van der Waals surface area contributed by atoms with Crippen LogP contribution in [0.4, 0.5) is 0 Å². The van der Waals surface area contributed by atoms with Gasteiger partial charge in [-0.2, -0.15) is 0 Å². The van der Waals surface area contributed by atoms with E-state index in [-0.39, 0.29) is 6.17 Å². The maximum absolute atomic E-state index is 5.74. The van der Waals surface area contributed by atoms with Gasteiger partial charge in [0, 0.05) is 12.0 Å². The summed E-state index contributed by atoms with van der Waals surface area (Å²) in [7, 11) is 0. The molecule has 3 nitrogen and oxygen atoms in total. The topological polar surface area (TPSA) is 64.4 Å². The zero-order chi connectivity index (χ0) is 9.84. The molecule has 4 N–H and O–H groups in total. The van der Waals surface area contributed by atoms with Crippen LogP contribution in [0.5, 0.6) is 0 Å². The molecular weight excluding hydrogens is 182 g/mol. The van der Waals surface area contributed by atoms with Gasteiger partial charge in [-0.25, -0.2) is 0 Å². The normalized spacial score (nSPS) is 31.2. The molecule has 1 atom stereocenters. The van der Waals surface area contributed by atoms with E-state index in [0.29, 0.717) is 12.0 Å². The summed E-state index contributed by atoms with van der Waals surface area (Å²) >= 11 is 1.81. The first kappa shape index (κ1) is 11.0. The summed E-state index contributed by atoms with van der Waals surface area (Å²) in [6.07, 6.45) is 2.09. The summed E-state index contributed by atoms with van der Waals surface area (Å²) < 4.78 is 0. The minimum atomic E-state index is -0.0779. The van der Waals surface area contributed by atoms with Gasteiger partial charge < -0.3 is 11.5 Å². The Bertz CT molecular complexity index is 185. The molecule has 1 unspecified atom stereocenters. The summed E-state index contributed by atoms with van der Waals surface area (Å²) in [6, 6.07) is 0.390. The van der Waals surface area contributed by atoms with Crippen molar-refractivity contribution in [2.45, 2.75) is 38.9 Å². The Morgan fingerprint density at radius 2 is 2.23 bits per heavy atom. The third-order valence-electron chi connectivity index (χ3n) is 2.15. The molecule has 4 heteroatoms. The predicted octanol–water partition coefficient (Wildman–Crippen LogP) is 1.18. The number of rotatable bonds is 3. The zero-order valence-electron chi connectivity index (χ0n) is 8.36. The summed E-state index contributed by atoms with van der Waals surface area (Å²) in [4.78, 5) is 4.42. The van der Waals surface area contributed by atoms with Gasteiger partial charge in [-0.15, -0.1) is 11.8 Å². The first-order valence-electron chi connectivity index (χ1n) is 4.85. The molecule has 0 aromatic carbocycles. The number of hydrogen-bond donors (Lipinski definition) is 2. The van der Waals surface area contributed by atoms with Crippen molar-refractivity contribution in [3.63, 3.8) is 0 Å². The van der Waals surface area contributed by atoms with Crippen LogP contribution in [0.3, 0.4) is 0 Å². The predicted molar refractivity (Wildman–Crippen MR) is 59.9 cm³/mol. The highest BCUT2D eigenvalue weighted by atomic mass is 32.2. The summed E-state index contributed by atoms with van der Waals surface area (Å²) in [5, 5.41) is 1.21. The van der Waals surface area contributed by atoms with E-state index in [1.54, 1.807) is 11.8 Å². The third kappa shape index (κ3) is 3.29. The first-order valence-corrected chi connectivity index (χ1v) is 5.83. The number of aliphatic imine (C=N–C) groups is 1. The van der Waals surface area contributed by atoms with E-state index < -0.39 is 0 Å². The highest BCUT2D eigenvalue weighted by Gasteiger charge is 2.30. The van der Waals surface area contributed by atoms with Crippen molar-refractivity contribution in [2.24, 2.45) is 22.4 Å².